The molecular weight excluding hydrogens is 344 g/mol. The number of piperidine rings is 1. The van der Waals surface area contributed by atoms with Crippen molar-refractivity contribution in [2.75, 3.05) is 13.1 Å². The van der Waals surface area contributed by atoms with Crippen LogP contribution in [-0.2, 0) is 11.2 Å². The minimum atomic E-state index is -0.539. The first-order valence-electron chi connectivity index (χ1n) is 9.41. The zero-order valence-electron chi connectivity index (χ0n) is 16.1. The molecule has 1 unspecified atom stereocenters. The van der Waals surface area contributed by atoms with Crippen LogP contribution in [-0.4, -0.2) is 38.6 Å². The van der Waals surface area contributed by atoms with Gasteiger partial charge in [-0.15, -0.1) is 0 Å². The van der Waals surface area contributed by atoms with E-state index in [1.165, 1.54) is 10.2 Å². The summed E-state index contributed by atoms with van der Waals surface area (Å²) in [5.41, 5.74) is 2.11. The molecule has 0 aliphatic carbocycles. The first-order chi connectivity index (χ1) is 12.9. The smallest absolute Gasteiger partial charge is 0.312 e. The second-order valence-electron chi connectivity index (χ2n) is 7.36. The van der Waals surface area contributed by atoms with Crippen LogP contribution in [0.15, 0.2) is 30.3 Å². The Morgan fingerprint density at radius 3 is 2.44 bits per heavy atom. The third kappa shape index (κ3) is 4.02. The van der Waals surface area contributed by atoms with Gasteiger partial charge in [-0.1, -0.05) is 30.3 Å². The molecule has 1 amide bonds. The van der Waals surface area contributed by atoms with Crippen molar-refractivity contribution in [2.24, 2.45) is 5.92 Å². The van der Waals surface area contributed by atoms with Crippen molar-refractivity contribution < 1.29 is 9.72 Å². The maximum atomic E-state index is 12.9. The van der Waals surface area contributed by atoms with E-state index in [-0.39, 0.29) is 11.6 Å². The fourth-order valence-corrected chi connectivity index (χ4v) is 3.97. The highest BCUT2D eigenvalue weighted by atomic mass is 16.6. The van der Waals surface area contributed by atoms with E-state index in [0.29, 0.717) is 17.3 Å². The highest BCUT2D eigenvalue weighted by Gasteiger charge is 2.31. The van der Waals surface area contributed by atoms with Gasteiger partial charge < -0.3 is 4.90 Å². The molecule has 1 aliphatic rings. The van der Waals surface area contributed by atoms with Crippen LogP contribution in [0.2, 0.25) is 0 Å². The largest absolute Gasteiger partial charge is 0.341 e. The van der Waals surface area contributed by atoms with Crippen LogP contribution in [0.3, 0.4) is 0 Å². The zero-order chi connectivity index (χ0) is 19.6. The molecule has 1 aromatic carbocycles. The summed E-state index contributed by atoms with van der Waals surface area (Å²) in [6.07, 6.45) is 3.00. The third-order valence-electron chi connectivity index (χ3n) is 5.49. The first-order valence-corrected chi connectivity index (χ1v) is 9.41. The molecule has 0 N–H and O–H groups in total. The second-order valence-corrected chi connectivity index (χ2v) is 7.36. The molecular formula is C20H26N4O3. The molecule has 0 spiro atoms. The Balaban J connectivity index is 1.62. The summed E-state index contributed by atoms with van der Waals surface area (Å²) in [6, 6.07) is 9.90. The maximum Gasteiger partial charge on any atom is 0.312 e. The molecule has 2 heterocycles. The molecule has 1 fully saturated rings. The van der Waals surface area contributed by atoms with Crippen LogP contribution in [0.4, 0.5) is 5.69 Å². The van der Waals surface area contributed by atoms with Crippen molar-refractivity contribution in [3.8, 4) is 0 Å². The van der Waals surface area contributed by atoms with E-state index < -0.39 is 11.0 Å². The monoisotopic (exact) mass is 370 g/mol. The summed E-state index contributed by atoms with van der Waals surface area (Å²) in [4.78, 5) is 25.5. The van der Waals surface area contributed by atoms with Crippen LogP contribution < -0.4 is 0 Å². The van der Waals surface area contributed by atoms with E-state index in [1.54, 1.807) is 20.8 Å². The highest BCUT2D eigenvalue weighted by Crippen LogP contribution is 2.27. The Morgan fingerprint density at radius 2 is 1.89 bits per heavy atom. The van der Waals surface area contributed by atoms with Crippen LogP contribution >= 0.6 is 0 Å². The number of hydrogen-bond donors (Lipinski definition) is 0. The van der Waals surface area contributed by atoms with Gasteiger partial charge in [-0.05, 0) is 51.5 Å². The van der Waals surface area contributed by atoms with Crippen LogP contribution in [0.25, 0.3) is 0 Å². The molecule has 7 heteroatoms. The number of likely N-dealkylation sites (tertiary alicyclic amines) is 1. The molecule has 0 saturated carbocycles. The van der Waals surface area contributed by atoms with E-state index >= 15 is 0 Å². The standard InChI is InChI=1S/C20H26N4O3/c1-14-19(24(26)27)15(2)23(21-14)16(3)20(25)22-11-9-18(10-12-22)13-17-7-5-4-6-8-17/h4-8,16,18H,9-13H2,1-3H3. The Morgan fingerprint density at radius 1 is 1.26 bits per heavy atom. The Kier molecular flexibility index (Phi) is 5.58. The quantitative estimate of drug-likeness (QED) is 0.596. The van der Waals surface area contributed by atoms with E-state index in [9.17, 15) is 14.9 Å². The van der Waals surface area contributed by atoms with Crippen LogP contribution in [0.1, 0.15) is 42.8 Å². The van der Waals surface area contributed by atoms with Crippen molar-refractivity contribution in [3.05, 3.63) is 57.4 Å². The summed E-state index contributed by atoms with van der Waals surface area (Å²) in [5, 5.41) is 15.4. The lowest BCUT2D eigenvalue weighted by molar-refractivity contribution is -0.386. The number of aryl methyl sites for hydroxylation is 1. The summed E-state index contributed by atoms with van der Waals surface area (Å²) in [7, 11) is 0. The van der Waals surface area contributed by atoms with Gasteiger partial charge in [0, 0.05) is 13.1 Å². The highest BCUT2D eigenvalue weighted by molar-refractivity contribution is 5.80. The number of nitro groups is 1. The van der Waals surface area contributed by atoms with E-state index in [2.05, 4.69) is 29.4 Å². The van der Waals surface area contributed by atoms with Gasteiger partial charge in [0.1, 0.15) is 17.4 Å². The summed E-state index contributed by atoms with van der Waals surface area (Å²) in [5.74, 6) is 0.565. The predicted octanol–water partition coefficient (Wildman–Crippen LogP) is 3.45. The normalized spacial score (nSPS) is 16.3. The Labute approximate surface area is 159 Å². The van der Waals surface area contributed by atoms with Crippen molar-refractivity contribution in [3.63, 3.8) is 0 Å². The van der Waals surface area contributed by atoms with Crippen LogP contribution in [0, 0.1) is 29.9 Å². The average molecular weight is 370 g/mol. The third-order valence-corrected chi connectivity index (χ3v) is 5.49. The molecule has 7 nitrogen and oxygen atoms in total. The van der Waals surface area contributed by atoms with Gasteiger partial charge in [-0.2, -0.15) is 5.10 Å². The molecule has 1 aliphatic heterocycles. The zero-order valence-corrected chi connectivity index (χ0v) is 16.1. The number of benzene rings is 1. The minimum Gasteiger partial charge on any atom is -0.341 e. The van der Waals surface area contributed by atoms with E-state index in [1.807, 2.05) is 11.0 Å². The van der Waals surface area contributed by atoms with Gasteiger partial charge >= 0.3 is 5.69 Å². The average Bonchev–Trinajstić information content (AvgIpc) is 2.96. The number of aromatic nitrogens is 2. The first kappa shape index (κ1) is 19.1. The van der Waals surface area contributed by atoms with Crippen molar-refractivity contribution in [1.29, 1.82) is 0 Å². The van der Waals surface area contributed by atoms with Gasteiger partial charge in [0.2, 0.25) is 5.91 Å². The predicted molar refractivity (Wildman–Crippen MR) is 103 cm³/mol. The van der Waals surface area contributed by atoms with E-state index in [0.717, 1.165) is 32.4 Å². The second kappa shape index (κ2) is 7.90. The van der Waals surface area contributed by atoms with Gasteiger partial charge in [-0.3, -0.25) is 19.6 Å². The van der Waals surface area contributed by atoms with Gasteiger partial charge in [0.15, 0.2) is 0 Å². The number of rotatable bonds is 5. The fourth-order valence-electron chi connectivity index (χ4n) is 3.97. The number of nitrogens with zero attached hydrogens (tertiary/aromatic N) is 4. The molecule has 0 radical (unpaired) electrons. The lowest BCUT2D eigenvalue weighted by atomic mass is 9.90. The molecule has 1 aromatic heterocycles. The van der Waals surface area contributed by atoms with Crippen molar-refractivity contribution >= 4 is 11.6 Å². The lowest BCUT2D eigenvalue weighted by Gasteiger charge is -2.33. The number of hydrogen-bond acceptors (Lipinski definition) is 4. The molecule has 1 saturated heterocycles. The summed E-state index contributed by atoms with van der Waals surface area (Å²) < 4.78 is 1.49. The molecule has 144 valence electrons. The molecule has 3 rings (SSSR count). The Hall–Kier alpha value is -2.70. The SMILES string of the molecule is Cc1nn(C(C)C(=O)N2CCC(Cc3ccccc3)CC2)c(C)c1[N+](=O)[O-]. The Bertz CT molecular complexity index is 823. The number of amides is 1. The van der Waals surface area contributed by atoms with Crippen molar-refractivity contribution in [1.82, 2.24) is 14.7 Å². The summed E-state index contributed by atoms with van der Waals surface area (Å²) >= 11 is 0. The fraction of sp³-hybridized carbons (Fsp3) is 0.500. The van der Waals surface area contributed by atoms with Gasteiger partial charge in [0.25, 0.3) is 0 Å². The molecule has 2 aromatic rings. The molecule has 1 atom stereocenters. The van der Waals surface area contributed by atoms with Crippen molar-refractivity contribution in [2.45, 2.75) is 46.1 Å². The summed E-state index contributed by atoms with van der Waals surface area (Å²) in [6.45, 7) is 6.47. The minimum absolute atomic E-state index is 0.00350. The van der Waals surface area contributed by atoms with Crippen LogP contribution in [0.5, 0.6) is 0 Å². The van der Waals surface area contributed by atoms with Gasteiger partial charge in [-0.25, -0.2) is 0 Å². The lowest BCUT2D eigenvalue weighted by Crippen LogP contribution is -2.42. The van der Waals surface area contributed by atoms with E-state index in [4.69, 9.17) is 0 Å². The number of carbonyl (C=O) groups is 1. The number of carbonyl (C=O) groups excluding carboxylic acids is 1. The molecule has 27 heavy (non-hydrogen) atoms. The topological polar surface area (TPSA) is 81.3 Å². The van der Waals surface area contributed by atoms with Gasteiger partial charge in [0.05, 0.1) is 4.92 Å². The molecule has 0 bridgehead atoms. The maximum absolute atomic E-state index is 12.9.